The van der Waals surface area contributed by atoms with Gasteiger partial charge in [-0.1, -0.05) is 26.0 Å². The first kappa shape index (κ1) is 16.1. The number of nitrogens with one attached hydrogen (secondary N) is 1. The summed E-state index contributed by atoms with van der Waals surface area (Å²) in [7, 11) is 0. The number of aliphatic hydroxyl groups is 1. The van der Waals surface area contributed by atoms with Gasteiger partial charge in [-0.15, -0.1) is 0 Å². The van der Waals surface area contributed by atoms with Crippen molar-refractivity contribution in [1.29, 1.82) is 0 Å². The van der Waals surface area contributed by atoms with E-state index < -0.39 is 6.10 Å². The number of hydrogen-bond donors (Lipinski definition) is 2. The summed E-state index contributed by atoms with van der Waals surface area (Å²) >= 11 is 0. The molecule has 0 radical (unpaired) electrons. The van der Waals surface area contributed by atoms with Crippen LogP contribution in [0.15, 0.2) is 24.3 Å². The van der Waals surface area contributed by atoms with Crippen molar-refractivity contribution < 1.29 is 14.2 Å². The molecule has 0 amide bonds. The van der Waals surface area contributed by atoms with Crippen molar-refractivity contribution in [3.05, 3.63) is 35.6 Å². The van der Waals surface area contributed by atoms with Crippen LogP contribution in [0.5, 0.6) is 0 Å². The molecule has 1 unspecified atom stereocenters. The van der Waals surface area contributed by atoms with Gasteiger partial charge in [0.1, 0.15) is 5.82 Å². The highest BCUT2D eigenvalue weighted by Crippen LogP contribution is 2.13. The Morgan fingerprint density at radius 3 is 2.63 bits per heavy atom. The van der Waals surface area contributed by atoms with Gasteiger partial charge in [0.05, 0.1) is 12.7 Å². The first-order valence-electron chi connectivity index (χ1n) is 6.73. The van der Waals surface area contributed by atoms with Crippen LogP contribution in [0.2, 0.25) is 0 Å². The van der Waals surface area contributed by atoms with E-state index in [1.54, 1.807) is 6.07 Å². The molecule has 3 nitrogen and oxygen atoms in total. The normalized spacial score (nSPS) is 14.6. The third-order valence-corrected chi connectivity index (χ3v) is 2.77. The molecule has 0 spiro atoms. The maximum atomic E-state index is 13.1. The van der Waals surface area contributed by atoms with Gasteiger partial charge in [-0.2, -0.15) is 0 Å². The average molecular weight is 269 g/mol. The quantitative estimate of drug-likeness (QED) is 0.762. The molecule has 0 bridgehead atoms. The molecule has 0 saturated heterocycles. The molecule has 0 fully saturated rings. The Kier molecular flexibility index (Phi) is 6.99. The number of aliphatic hydroxyl groups excluding tert-OH is 1. The summed E-state index contributed by atoms with van der Waals surface area (Å²) < 4.78 is 18.4. The fraction of sp³-hybridized carbons (Fsp3) is 0.600. The second kappa shape index (κ2) is 8.25. The second-order valence-electron chi connectivity index (χ2n) is 5.27. The van der Waals surface area contributed by atoms with Crippen molar-refractivity contribution in [2.45, 2.75) is 32.9 Å². The lowest BCUT2D eigenvalue weighted by molar-refractivity contribution is 0.0252. The van der Waals surface area contributed by atoms with Crippen LogP contribution >= 0.6 is 0 Å². The number of benzene rings is 1. The van der Waals surface area contributed by atoms with Crippen LogP contribution in [-0.2, 0) is 4.74 Å². The lowest BCUT2D eigenvalue weighted by atomic mass is 10.1. The highest BCUT2D eigenvalue weighted by molar-refractivity contribution is 5.19. The maximum absolute atomic E-state index is 13.1. The van der Waals surface area contributed by atoms with Crippen molar-refractivity contribution in [3.8, 4) is 0 Å². The smallest absolute Gasteiger partial charge is 0.123 e. The van der Waals surface area contributed by atoms with E-state index in [0.717, 1.165) is 5.56 Å². The van der Waals surface area contributed by atoms with E-state index in [-0.39, 0.29) is 11.9 Å². The Labute approximate surface area is 114 Å². The molecule has 2 N–H and O–H groups in total. The number of halogens is 1. The molecule has 0 aromatic heterocycles. The fourth-order valence-corrected chi connectivity index (χ4v) is 1.71. The SMILES string of the molecule is CC(C)COCC(O)CN[C@H](C)c1cccc(F)c1. The lowest BCUT2D eigenvalue weighted by Gasteiger charge is -2.18. The Hall–Kier alpha value is -0.970. The Bertz CT molecular complexity index is 371. The summed E-state index contributed by atoms with van der Waals surface area (Å²) in [6.45, 7) is 7.47. The largest absolute Gasteiger partial charge is 0.389 e. The predicted octanol–water partition coefficient (Wildman–Crippen LogP) is 2.51. The van der Waals surface area contributed by atoms with E-state index in [0.29, 0.717) is 25.7 Å². The molecule has 0 aliphatic heterocycles. The van der Waals surface area contributed by atoms with Gasteiger partial charge in [-0.25, -0.2) is 4.39 Å². The molecule has 0 heterocycles. The van der Waals surface area contributed by atoms with Gasteiger partial charge in [0, 0.05) is 19.2 Å². The van der Waals surface area contributed by atoms with Crippen LogP contribution in [0, 0.1) is 11.7 Å². The fourth-order valence-electron chi connectivity index (χ4n) is 1.71. The molecular weight excluding hydrogens is 245 g/mol. The van der Waals surface area contributed by atoms with Gasteiger partial charge >= 0.3 is 0 Å². The summed E-state index contributed by atoms with van der Waals surface area (Å²) in [5, 5.41) is 12.9. The Morgan fingerprint density at radius 2 is 2.00 bits per heavy atom. The van der Waals surface area contributed by atoms with E-state index in [9.17, 15) is 9.50 Å². The maximum Gasteiger partial charge on any atom is 0.123 e. The van der Waals surface area contributed by atoms with Crippen LogP contribution < -0.4 is 5.32 Å². The minimum atomic E-state index is -0.547. The topological polar surface area (TPSA) is 41.5 Å². The third kappa shape index (κ3) is 6.66. The van der Waals surface area contributed by atoms with Crippen molar-refractivity contribution in [3.63, 3.8) is 0 Å². The van der Waals surface area contributed by atoms with Gasteiger partial charge in [0.2, 0.25) is 0 Å². The van der Waals surface area contributed by atoms with Gasteiger partial charge in [0.15, 0.2) is 0 Å². The summed E-state index contributed by atoms with van der Waals surface area (Å²) in [5.41, 5.74) is 0.871. The Morgan fingerprint density at radius 1 is 1.26 bits per heavy atom. The summed E-state index contributed by atoms with van der Waals surface area (Å²) in [5.74, 6) is 0.221. The first-order valence-corrected chi connectivity index (χ1v) is 6.73. The van der Waals surface area contributed by atoms with Crippen LogP contribution in [0.25, 0.3) is 0 Å². The standard InChI is InChI=1S/C15H24FNO2/c1-11(2)9-19-10-15(18)8-17-12(3)13-5-4-6-14(16)7-13/h4-7,11-12,15,17-18H,8-10H2,1-3H3/t12-,15?/m1/s1. The summed E-state index contributed by atoms with van der Waals surface area (Å²) in [6, 6.07) is 6.47. The molecule has 19 heavy (non-hydrogen) atoms. The van der Waals surface area contributed by atoms with Crippen LogP contribution in [0.3, 0.4) is 0 Å². The molecule has 1 aromatic carbocycles. The molecule has 0 aliphatic carbocycles. The second-order valence-corrected chi connectivity index (χ2v) is 5.27. The van der Waals surface area contributed by atoms with Gasteiger partial charge in [-0.05, 0) is 30.5 Å². The predicted molar refractivity (Wildman–Crippen MR) is 74.5 cm³/mol. The van der Waals surface area contributed by atoms with E-state index in [1.165, 1.54) is 12.1 Å². The van der Waals surface area contributed by atoms with E-state index in [4.69, 9.17) is 4.74 Å². The van der Waals surface area contributed by atoms with Crippen molar-refractivity contribution in [2.75, 3.05) is 19.8 Å². The number of ether oxygens (including phenoxy) is 1. The highest BCUT2D eigenvalue weighted by atomic mass is 19.1. The van der Waals surface area contributed by atoms with Crippen LogP contribution in [0.1, 0.15) is 32.4 Å². The van der Waals surface area contributed by atoms with Crippen molar-refractivity contribution in [1.82, 2.24) is 5.32 Å². The zero-order valence-electron chi connectivity index (χ0n) is 11.9. The molecule has 1 aromatic rings. The van der Waals surface area contributed by atoms with E-state index in [2.05, 4.69) is 19.2 Å². The van der Waals surface area contributed by atoms with Gasteiger partial charge < -0.3 is 15.2 Å². The molecule has 1 rings (SSSR count). The van der Waals surface area contributed by atoms with E-state index >= 15 is 0 Å². The zero-order valence-corrected chi connectivity index (χ0v) is 11.9. The first-order chi connectivity index (χ1) is 8.99. The Balaban J connectivity index is 2.27. The number of hydrogen-bond acceptors (Lipinski definition) is 3. The average Bonchev–Trinajstić information content (AvgIpc) is 2.35. The molecule has 2 atom stereocenters. The minimum absolute atomic E-state index is 0.00421. The lowest BCUT2D eigenvalue weighted by Crippen LogP contribution is -2.32. The number of rotatable bonds is 8. The highest BCUT2D eigenvalue weighted by Gasteiger charge is 2.09. The summed E-state index contributed by atoms with van der Waals surface area (Å²) in [6.07, 6.45) is -0.547. The van der Waals surface area contributed by atoms with E-state index in [1.807, 2.05) is 13.0 Å². The molecule has 0 saturated carbocycles. The minimum Gasteiger partial charge on any atom is -0.389 e. The molecule has 108 valence electrons. The van der Waals surface area contributed by atoms with Gasteiger partial charge in [-0.3, -0.25) is 0 Å². The van der Waals surface area contributed by atoms with Crippen molar-refractivity contribution >= 4 is 0 Å². The van der Waals surface area contributed by atoms with Crippen LogP contribution in [-0.4, -0.2) is 31.0 Å². The molecule has 0 aliphatic rings. The third-order valence-electron chi connectivity index (χ3n) is 2.77. The molecular formula is C15H24FNO2. The monoisotopic (exact) mass is 269 g/mol. The zero-order chi connectivity index (χ0) is 14.3. The van der Waals surface area contributed by atoms with Crippen LogP contribution in [0.4, 0.5) is 4.39 Å². The van der Waals surface area contributed by atoms with Gasteiger partial charge in [0.25, 0.3) is 0 Å². The van der Waals surface area contributed by atoms with Crippen molar-refractivity contribution in [2.24, 2.45) is 5.92 Å². The summed E-state index contributed by atoms with van der Waals surface area (Å²) in [4.78, 5) is 0. The molecule has 4 heteroatoms.